The maximum Gasteiger partial charge on any atom is 0.128 e. The summed E-state index contributed by atoms with van der Waals surface area (Å²) in [4.78, 5) is 9.93. The molecule has 102 valence electrons. The molecule has 0 aliphatic carbocycles. The Balaban J connectivity index is 2.18. The molecule has 0 aliphatic heterocycles. The van der Waals surface area contributed by atoms with Crippen molar-refractivity contribution in [1.29, 1.82) is 0 Å². The van der Waals surface area contributed by atoms with Gasteiger partial charge in [0.1, 0.15) is 16.2 Å². The van der Waals surface area contributed by atoms with Crippen LogP contribution in [0, 0.1) is 0 Å². The van der Waals surface area contributed by atoms with Crippen LogP contribution in [0.5, 0.6) is 0 Å². The topological polar surface area (TPSA) is 25.8 Å². The summed E-state index contributed by atoms with van der Waals surface area (Å²) >= 11 is 6.95. The van der Waals surface area contributed by atoms with Gasteiger partial charge in [0, 0.05) is 20.7 Å². The van der Waals surface area contributed by atoms with Crippen molar-refractivity contribution in [2.24, 2.45) is 0 Å². The lowest BCUT2D eigenvalue weighted by Gasteiger charge is -2.07. The summed E-state index contributed by atoms with van der Waals surface area (Å²) < 4.78 is 1.09. The first-order valence-corrected chi connectivity index (χ1v) is 8.85. The highest BCUT2D eigenvalue weighted by Crippen LogP contribution is 2.38. The van der Waals surface area contributed by atoms with Gasteiger partial charge in [-0.2, -0.15) is 0 Å². The molecule has 0 radical (unpaired) electrons. The zero-order chi connectivity index (χ0) is 14.1. The molecule has 3 aromatic rings. The fourth-order valence-corrected chi connectivity index (χ4v) is 4.13. The van der Waals surface area contributed by atoms with Gasteiger partial charge in [-0.3, -0.25) is 0 Å². The minimum Gasteiger partial charge on any atom is -0.229 e. The van der Waals surface area contributed by atoms with Crippen LogP contribution in [-0.4, -0.2) is 15.2 Å². The molecule has 2 nitrogen and oxygen atoms in total. The summed E-state index contributed by atoms with van der Waals surface area (Å²) in [5.41, 5.74) is 2.43. The van der Waals surface area contributed by atoms with Crippen LogP contribution >= 0.6 is 39.0 Å². The van der Waals surface area contributed by atoms with Gasteiger partial charge in [0.05, 0.1) is 5.39 Å². The SMILES string of the molecule is CC(C)Sc1ncnc2scc(-c3ccc(Br)cc3)c12. The second-order valence-electron chi connectivity index (χ2n) is 4.68. The lowest BCUT2D eigenvalue weighted by atomic mass is 10.1. The number of thioether (sulfide) groups is 1. The quantitative estimate of drug-likeness (QED) is 0.445. The number of thiophene rings is 1. The molecule has 0 saturated carbocycles. The molecule has 2 aromatic heterocycles. The molecule has 0 saturated heterocycles. The number of benzene rings is 1. The normalized spacial score (nSPS) is 11.4. The van der Waals surface area contributed by atoms with Crippen molar-refractivity contribution in [3.63, 3.8) is 0 Å². The van der Waals surface area contributed by atoms with Crippen molar-refractivity contribution in [2.45, 2.75) is 24.1 Å². The first-order valence-electron chi connectivity index (χ1n) is 6.30. The van der Waals surface area contributed by atoms with Crippen LogP contribution in [-0.2, 0) is 0 Å². The third-order valence-electron chi connectivity index (χ3n) is 2.84. The van der Waals surface area contributed by atoms with Crippen LogP contribution in [0.1, 0.15) is 13.8 Å². The van der Waals surface area contributed by atoms with E-state index in [0.29, 0.717) is 5.25 Å². The maximum atomic E-state index is 4.47. The minimum absolute atomic E-state index is 0.505. The van der Waals surface area contributed by atoms with Crippen LogP contribution in [0.3, 0.4) is 0 Å². The van der Waals surface area contributed by atoms with Crippen LogP contribution in [0.15, 0.2) is 45.5 Å². The highest BCUT2D eigenvalue weighted by molar-refractivity contribution is 9.10. The molecule has 0 aliphatic rings. The largest absolute Gasteiger partial charge is 0.229 e. The Morgan fingerprint density at radius 3 is 2.60 bits per heavy atom. The van der Waals surface area contributed by atoms with Crippen molar-refractivity contribution in [3.8, 4) is 11.1 Å². The molecule has 0 bridgehead atoms. The molecule has 0 spiro atoms. The number of hydrogen-bond donors (Lipinski definition) is 0. The Kier molecular flexibility index (Phi) is 4.10. The van der Waals surface area contributed by atoms with Gasteiger partial charge in [-0.1, -0.05) is 41.9 Å². The Bertz CT molecular complexity index is 735. The average Bonchev–Trinajstić information content (AvgIpc) is 2.84. The van der Waals surface area contributed by atoms with Crippen LogP contribution in [0.2, 0.25) is 0 Å². The first-order chi connectivity index (χ1) is 9.65. The molecule has 2 heterocycles. The number of aromatic nitrogens is 2. The number of nitrogens with zero attached hydrogens (tertiary/aromatic N) is 2. The number of rotatable bonds is 3. The molecule has 0 amide bonds. The van der Waals surface area contributed by atoms with E-state index in [4.69, 9.17) is 0 Å². The van der Waals surface area contributed by atoms with Crippen molar-refractivity contribution < 1.29 is 0 Å². The van der Waals surface area contributed by atoms with E-state index in [1.807, 2.05) is 0 Å². The predicted molar refractivity (Wildman–Crippen MR) is 91.5 cm³/mol. The average molecular weight is 365 g/mol. The van der Waals surface area contributed by atoms with Crippen LogP contribution in [0.4, 0.5) is 0 Å². The van der Waals surface area contributed by atoms with E-state index in [9.17, 15) is 0 Å². The predicted octanol–water partition coefficient (Wildman–Crippen LogP) is 5.62. The fourth-order valence-electron chi connectivity index (χ4n) is 2.00. The van der Waals surface area contributed by atoms with E-state index < -0.39 is 0 Å². The summed E-state index contributed by atoms with van der Waals surface area (Å²) in [5.74, 6) is 0. The summed E-state index contributed by atoms with van der Waals surface area (Å²) in [6.45, 7) is 4.37. The molecule has 1 aromatic carbocycles. The van der Waals surface area contributed by atoms with Crippen molar-refractivity contribution >= 4 is 49.2 Å². The van der Waals surface area contributed by atoms with E-state index in [2.05, 4.69) is 69.4 Å². The van der Waals surface area contributed by atoms with Crippen molar-refractivity contribution in [3.05, 3.63) is 40.4 Å². The Labute approximate surface area is 134 Å². The fraction of sp³-hybridized carbons (Fsp3) is 0.200. The monoisotopic (exact) mass is 364 g/mol. The lowest BCUT2D eigenvalue weighted by molar-refractivity contribution is 1.07. The summed E-state index contributed by atoms with van der Waals surface area (Å²) in [6, 6.07) is 8.39. The van der Waals surface area contributed by atoms with Gasteiger partial charge in [0.15, 0.2) is 0 Å². The maximum absolute atomic E-state index is 4.47. The van der Waals surface area contributed by atoms with Crippen molar-refractivity contribution in [2.75, 3.05) is 0 Å². The second-order valence-corrected chi connectivity index (χ2v) is 8.02. The molecular weight excluding hydrogens is 352 g/mol. The van der Waals surface area contributed by atoms with E-state index in [0.717, 1.165) is 14.3 Å². The number of halogens is 1. The molecule has 0 atom stereocenters. The zero-order valence-corrected chi connectivity index (χ0v) is 14.3. The first kappa shape index (κ1) is 14.0. The smallest absolute Gasteiger partial charge is 0.128 e. The van der Waals surface area contributed by atoms with E-state index in [1.54, 1.807) is 29.4 Å². The van der Waals surface area contributed by atoms with Gasteiger partial charge in [-0.05, 0) is 17.7 Å². The van der Waals surface area contributed by atoms with Gasteiger partial charge in [-0.25, -0.2) is 9.97 Å². The molecular formula is C15H13BrN2S2. The highest BCUT2D eigenvalue weighted by Gasteiger charge is 2.14. The molecule has 0 fully saturated rings. The van der Waals surface area contributed by atoms with E-state index >= 15 is 0 Å². The third-order valence-corrected chi connectivity index (χ3v) is 5.26. The Hall–Kier alpha value is -0.910. The van der Waals surface area contributed by atoms with Crippen LogP contribution in [0.25, 0.3) is 21.3 Å². The molecule has 20 heavy (non-hydrogen) atoms. The van der Waals surface area contributed by atoms with Gasteiger partial charge < -0.3 is 0 Å². The Morgan fingerprint density at radius 2 is 1.90 bits per heavy atom. The summed E-state index contributed by atoms with van der Waals surface area (Å²) in [7, 11) is 0. The summed E-state index contributed by atoms with van der Waals surface area (Å²) in [6.07, 6.45) is 1.66. The zero-order valence-electron chi connectivity index (χ0n) is 11.1. The second kappa shape index (κ2) is 5.84. The summed E-state index contributed by atoms with van der Waals surface area (Å²) in [5, 5.41) is 4.93. The standard InChI is InChI=1S/C15H13BrN2S2/c1-9(2)20-15-13-12(7-19-14(13)17-8-18-15)10-3-5-11(16)6-4-10/h3-9H,1-2H3. The highest BCUT2D eigenvalue weighted by atomic mass is 79.9. The van der Waals surface area contributed by atoms with Gasteiger partial charge in [-0.15, -0.1) is 23.1 Å². The number of fused-ring (bicyclic) bond motifs is 1. The van der Waals surface area contributed by atoms with E-state index in [1.165, 1.54) is 16.5 Å². The molecule has 0 unspecified atom stereocenters. The molecule has 3 rings (SSSR count). The molecule has 5 heteroatoms. The van der Waals surface area contributed by atoms with Gasteiger partial charge in [0.2, 0.25) is 0 Å². The third kappa shape index (κ3) is 2.75. The Morgan fingerprint density at radius 1 is 1.15 bits per heavy atom. The van der Waals surface area contributed by atoms with Gasteiger partial charge in [0.25, 0.3) is 0 Å². The minimum atomic E-state index is 0.505. The van der Waals surface area contributed by atoms with Gasteiger partial charge >= 0.3 is 0 Å². The van der Waals surface area contributed by atoms with Crippen molar-refractivity contribution in [1.82, 2.24) is 9.97 Å². The lowest BCUT2D eigenvalue weighted by Crippen LogP contribution is -1.91. The van der Waals surface area contributed by atoms with Crippen LogP contribution < -0.4 is 0 Å². The molecule has 0 N–H and O–H groups in total. The number of hydrogen-bond acceptors (Lipinski definition) is 4. The van der Waals surface area contributed by atoms with E-state index in [-0.39, 0.29) is 0 Å².